The van der Waals surface area contributed by atoms with E-state index in [-0.39, 0.29) is 11.9 Å². The fourth-order valence-corrected chi connectivity index (χ4v) is 4.92. The molecule has 2 aromatic rings. The molecule has 0 bridgehead atoms. The Morgan fingerprint density at radius 3 is 2.67 bits per heavy atom. The van der Waals surface area contributed by atoms with Gasteiger partial charge in [0.25, 0.3) is 10.2 Å². The van der Waals surface area contributed by atoms with Gasteiger partial charge in [0.1, 0.15) is 0 Å². The molecule has 27 heavy (non-hydrogen) atoms. The van der Waals surface area contributed by atoms with Crippen molar-refractivity contribution in [3.8, 4) is 0 Å². The van der Waals surface area contributed by atoms with Gasteiger partial charge in [-0.15, -0.1) is 0 Å². The molecule has 3 rings (SSSR count). The first-order valence-corrected chi connectivity index (χ1v) is 10.6. The predicted molar refractivity (Wildman–Crippen MR) is 105 cm³/mol. The first-order chi connectivity index (χ1) is 12.8. The van der Waals surface area contributed by atoms with Gasteiger partial charge in [-0.25, -0.2) is 4.72 Å². The van der Waals surface area contributed by atoms with Gasteiger partial charge in [0.2, 0.25) is 0 Å². The maximum atomic E-state index is 12.5. The topological polar surface area (TPSA) is 80.6 Å². The van der Waals surface area contributed by atoms with Crippen molar-refractivity contribution in [3.63, 3.8) is 0 Å². The summed E-state index contributed by atoms with van der Waals surface area (Å²) >= 11 is 0. The lowest BCUT2D eigenvalue weighted by atomic mass is 9.99. The molecule has 1 aliphatic heterocycles. The molecule has 1 saturated heterocycles. The van der Waals surface area contributed by atoms with E-state index in [2.05, 4.69) is 40.6 Å². The Hall–Kier alpha value is -1.90. The molecule has 0 amide bonds. The number of carbonyl (C=O) groups excluding carboxylic acids is 1. The Morgan fingerprint density at radius 1 is 1.30 bits per heavy atom. The van der Waals surface area contributed by atoms with E-state index in [1.165, 1.54) is 17.0 Å². The van der Waals surface area contributed by atoms with Gasteiger partial charge >= 0.3 is 5.97 Å². The molecule has 0 aliphatic carbocycles. The first-order valence-electron chi connectivity index (χ1n) is 9.19. The molecule has 0 atom stereocenters. The summed E-state index contributed by atoms with van der Waals surface area (Å²) in [6, 6.07) is 6.29. The predicted octanol–water partition coefficient (Wildman–Crippen LogP) is 1.75. The summed E-state index contributed by atoms with van der Waals surface area (Å²) in [5, 5.41) is 1.15. The van der Waals surface area contributed by atoms with Crippen LogP contribution in [-0.4, -0.2) is 50.0 Å². The molecule has 1 aromatic heterocycles. The van der Waals surface area contributed by atoms with Crippen LogP contribution in [0.15, 0.2) is 24.4 Å². The summed E-state index contributed by atoms with van der Waals surface area (Å²) in [5.74, 6) is -0.466. The number of hydrogen-bond donors (Lipinski definition) is 1. The van der Waals surface area contributed by atoms with Gasteiger partial charge in [0, 0.05) is 43.8 Å². The first kappa shape index (κ1) is 19.9. The lowest BCUT2D eigenvalue weighted by Crippen LogP contribution is -2.46. The van der Waals surface area contributed by atoms with Crippen molar-refractivity contribution >= 4 is 27.1 Å². The Balaban J connectivity index is 1.58. The number of nitrogens with zero attached hydrogens (tertiary/aromatic N) is 2. The average Bonchev–Trinajstić information content (AvgIpc) is 2.96. The van der Waals surface area contributed by atoms with Crippen molar-refractivity contribution < 1.29 is 17.9 Å². The van der Waals surface area contributed by atoms with Crippen LogP contribution in [0.3, 0.4) is 0 Å². The highest BCUT2D eigenvalue weighted by Gasteiger charge is 2.31. The number of fused-ring (bicyclic) bond motifs is 1. The summed E-state index contributed by atoms with van der Waals surface area (Å²) in [6.45, 7) is 3.07. The van der Waals surface area contributed by atoms with E-state index in [9.17, 15) is 13.2 Å². The number of ether oxygens (including phenoxy) is 1. The smallest absolute Gasteiger partial charge is 0.308 e. The number of methoxy groups -OCH3 is 1. The molecule has 1 N–H and O–H groups in total. The standard InChI is InChI=1S/C19H27N3O4S/c1-14-4-5-17-16(13-21(2)18(17)12-14)6-9-20-27(24,25)22-10-7-15(8-11-22)19(23)26-3/h4-5,12-13,15,20H,6-11H2,1-3H3. The molecule has 7 nitrogen and oxygen atoms in total. The number of hydrogen-bond acceptors (Lipinski definition) is 4. The Bertz CT molecular complexity index is 928. The second kappa shape index (κ2) is 8.00. The van der Waals surface area contributed by atoms with E-state index in [1.54, 1.807) is 0 Å². The number of nitrogens with one attached hydrogen (secondary N) is 1. The summed E-state index contributed by atoms with van der Waals surface area (Å²) in [7, 11) is -0.175. The molecular weight excluding hydrogens is 366 g/mol. The Kier molecular flexibility index (Phi) is 5.88. The van der Waals surface area contributed by atoms with Crippen LogP contribution in [0.4, 0.5) is 0 Å². The molecular formula is C19H27N3O4S. The quantitative estimate of drug-likeness (QED) is 0.758. The number of esters is 1. The van der Waals surface area contributed by atoms with Crippen molar-refractivity contribution in [2.24, 2.45) is 13.0 Å². The van der Waals surface area contributed by atoms with E-state index in [4.69, 9.17) is 4.74 Å². The van der Waals surface area contributed by atoms with E-state index in [0.717, 1.165) is 16.5 Å². The molecule has 0 saturated carbocycles. The maximum absolute atomic E-state index is 12.5. The molecule has 148 valence electrons. The minimum Gasteiger partial charge on any atom is -0.469 e. The summed E-state index contributed by atoms with van der Waals surface area (Å²) in [6.07, 6.45) is 3.67. The minimum atomic E-state index is -3.54. The van der Waals surface area contributed by atoms with Gasteiger partial charge in [-0.3, -0.25) is 4.79 Å². The summed E-state index contributed by atoms with van der Waals surface area (Å²) < 4.78 is 36.0. The van der Waals surface area contributed by atoms with E-state index >= 15 is 0 Å². The average molecular weight is 394 g/mol. The zero-order chi connectivity index (χ0) is 19.6. The molecule has 1 aromatic carbocycles. The Labute approximate surface area is 160 Å². The zero-order valence-corrected chi connectivity index (χ0v) is 16.9. The van der Waals surface area contributed by atoms with Crippen molar-refractivity contribution in [2.45, 2.75) is 26.2 Å². The number of carbonyl (C=O) groups is 1. The SMILES string of the molecule is COC(=O)C1CCN(S(=O)(=O)NCCc2cn(C)c3cc(C)ccc23)CC1. The van der Waals surface area contributed by atoms with Crippen LogP contribution in [0, 0.1) is 12.8 Å². The highest BCUT2D eigenvalue weighted by atomic mass is 32.2. The second-order valence-electron chi connectivity index (χ2n) is 7.13. The van der Waals surface area contributed by atoms with Crippen LogP contribution < -0.4 is 4.72 Å². The number of aryl methyl sites for hydroxylation is 2. The summed E-state index contributed by atoms with van der Waals surface area (Å²) in [4.78, 5) is 11.6. The van der Waals surface area contributed by atoms with E-state index in [0.29, 0.717) is 38.9 Å². The van der Waals surface area contributed by atoms with Crippen LogP contribution in [-0.2, 0) is 33.2 Å². The fraction of sp³-hybridized carbons (Fsp3) is 0.526. The fourth-order valence-electron chi connectivity index (χ4n) is 3.68. The molecule has 0 unspecified atom stereocenters. The third-order valence-corrected chi connectivity index (χ3v) is 6.85. The normalized spacial score (nSPS) is 16.7. The van der Waals surface area contributed by atoms with Crippen LogP contribution in [0.25, 0.3) is 10.9 Å². The third-order valence-electron chi connectivity index (χ3n) is 5.24. The van der Waals surface area contributed by atoms with Crippen molar-refractivity contribution in [2.75, 3.05) is 26.7 Å². The second-order valence-corrected chi connectivity index (χ2v) is 8.89. The third kappa shape index (κ3) is 4.34. The molecule has 8 heteroatoms. The van der Waals surface area contributed by atoms with Crippen molar-refractivity contribution in [1.29, 1.82) is 0 Å². The zero-order valence-electron chi connectivity index (χ0n) is 16.1. The van der Waals surface area contributed by atoms with Crippen molar-refractivity contribution in [1.82, 2.24) is 13.6 Å². The molecule has 0 radical (unpaired) electrons. The van der Waals surface area contributed by atoms with E-state index < -0.39 is 10.2 Å². The minimum absolute atomic E-state index is 0.208. The molecule has 2 heterocycles. The highest BCUT2D eigenvalue weighted by molar-refractivity contribution is 7.87. The van der Waals surface area contributed by atoms with Gasteiger partial charge in [0.05, 0.1) is 13.0 Å². The van der Waals surface area contributed by atoms with Gasteiger partial charge in [-0.1, -0.05) is 12.1 Å². The van der Waals surface area contributed by atoms with Crippen LogP contribution in [0.5, 0.6) is 0 Å². The van der Waals surface area contributed by atoms with Gasteiger partial charge in [0.15, 0.2) is 0 Å². The summed E-state index contributed by atoms with van der Waals surface area (Å²) in [5.41, 5.74) is 3.48. The number of aromatic nitrogens is 1. The lowest BCUT2D eigenvalue weighted by molar-refractivity contribution is -0.146. The van der Waals surface area contributed by atoms with Crippen LogP contribution >= 0.6 is 0 Å². The van der Waals surface area contributed by atoms with Crippen LogP contribution in [0.1, 0.15) is 24.0 Å². The number of piperidine rings is 1. The highest BCUT2D eigenvalue weighted by Crippen LogP contribution is 2.23. The largest absolute Gasteiger partial charge is 0.469 e. The molecule has 1 fully saturated rings. The van der Waals surface area contributed by atoms with Gasteiger partial charge in [-0.05, 0) is 43.4 Å². The van der Waals surface area contributed by atoms with Gasteiger partial charge < -0.3 is 9.30 Å². The lowest BCUT2D eigenvalue weighted by Gasteiger charge is -2.29. The number of rotatable bonds is 6. The van der Waals surface area contributed by atoms with Crippen LogP contribution in [0.2, 0.25) is 0 Å². The monoisotopic (exact) mass is 393 g/mol. The number of benzene rings is 1. The van der Waals surface area contributed by atoms with Crippen molar-refractivity contribution in [3.05, 3.63) is 35.5 Å². The molecule has 0 spiro atoms. The van der Waals surface area contributed by atoms with Gasteiger partial charge in [-0.2, -0.15) is 12.7 Å². The van der Waals surface area contributed by atoms with E-state index in [1.807, 2.05) is 7.05 Å². The maximum Gasteiger partial charge on any atom is 0.308 e. The Morgan fingerprint density at radius 2 is 2.00 bits per heavy atom. The molecule has 1 aliphatic rings.